The molecule has 1 atom stereocenters. The summed E-state index contributed by atoms with van der Waals surface area (Å²) in [6.07, 6.45) is 1.29. The lowest BCUT2D eigenvalue weighted by atomic mass is 10.1. The van der Waals surface area contributed by atoms with Gasteiger partial charge in [0, 0.05) is 17.6 Å². The number of rotatable bonds is 8. The van der Waals surface area contributed by atoms with Crippen molar-refractivity contribution in [3.8, 4) is 5.75 Å². The van der Waals surface area contributed by atoms with Crippen LogP contribution in [0.4, 0.5) is 0 Å². The molecule has 1 N–H and O–H groups in total. The van der Waals surface area contributed by atoms with Gasteiger partial charge < -0.3 is 19.7 Å². The van der Waals surface area contributed by atoms with Crippen molar-refractivity contribution in [3.63, 3.8) is 0 Å². The molecule has 1 heterocycles. The van der Waals surface area contributed by atoms with Crippen molar-refractivity contribution < 1.29 is 23.9 Å². The lowest BCUT2D eigenvalue weighted by Crippen LogP contribution is -2.57. The van der Waals surface area contributed by atoms with Crippen LogP contribution >= 0.6 is 15.9 Å². The smallest absolute Gasteiger partial charge is 0.308 e. The second-order valence-corrected chi connectivity index (χ2v) is 8.08. The molecule has 0 radical (unpaired) electrons. The highest BCUT2D eigenvalue weighted by Crippen LogP contribution is 2.26. The standard InChI is InChI=1S/C23H25BrN2O5/c1-30-20-10-9-17(24)14-18(20)23(29)26-12-11-25-22(28)19(26)15-21(27)31-13-5-8-16-6-3-2-4-7-16/h2-4,6-7,9-10,14,19H,5,8,11-13,15H2,1H3,(H,25,28). The zero-order chi connectivity index (χ0) is 22.2. The number of carbonyl (C=O) groups excluding carboxylic acids is 3. The van der Waals surface area contributed by atoms with E-state index in [2.05, 4.69) is 21.2 Å². The predicted molar refractivity (Wildman–Crippen MR) is 119 cm³/mol. The number of hydrogen-bond acceptors (Lipinski definition) is 5. The third-order valence-electron chi connectivity index (χ3n) is 5.06. The summed E-state index contributed by atoms with van der Waals surface area (Å²) < 4.78 is 11.3. The molecule has 2 aromatic carbocycles. The summed E-state index contributed by atoms with van der Waals surface area (Å²) in [5.41, 5.74) is 1.50. The maximum Gasteiger partial charge on any atom is 0.308 e. The first-order valence-corrected chi connectivity index (χ1v) is 10.9. The van der Waals surface area contributed by atoms with E-state index in [-0.39, 0.29) is 24.8 Å². The van der Waals surface area contributed by atoms with E-state index >= 15 is 0 Å². The first kappa shape index (κ1) is 22.8. The van der Waals surface area contributed by atoms with Gasteiger partial charge in [-0.2, -0.15) is 0 Å². The zero-order valence-electron chi connectivity index (χ0n) is 17.3. The van der Waals surface area contributed by atoms with Crippen LogP contribution in [0.3, 0.4) is 0 Å². The average molecular weight is 489 g/mol. The van der Waals surface area contributed by atoms with Gasteiger partial charge >= 0.3 is 5.97 Å². The molecule has 1 aliphatic rings. The van der Waals surface area contributed by atoms with Crippen LogP contribution in [0.25, 0.3) is 0 Å². The normalized spacial score (nSPS) is 15.9. The molecule has 0 spiro atoms. The van der Waals surface area contributed by atoms with Crippen molar-refractivity contribution in [2.75, 3.05) is 26.8 Å². The highest BCUT2D eigenvalue weighted by atomic mass is 79.9. The van der Waals surface area contributed by atoms with Gasteiger partial charge in [0.15, 0.2) is 0 Å². The number of halogens is 1. The Morgan fingerprint density at radius 3 is 2.71 bits per heavy atom. The summed E-state index contributed by atoms with van der Waals surface area (Å²) in [5.74, 6) is -0.833. The minimum absolute atomic E-state index is 0.195. The van der Waals surface area contributed by atoms with E-state index in [9.17, 15) is 14.4 Å². The van der Waals surface area contributed by atoms with Crippen LogP contribution in [-0.2, 0) is 20.7 Å². The van der Waals surface area contributed by atoms with Gasteiger partial charge in [-0.15, -0.1) is 0 Å². The lowest BCUT2D eigenvalue weighted by molar-refractivity contribution is -0.147. The number of carbonyl (C=O) groups is 3. The van der Waals surface area contributed by atoms with Crippen LogP contribution in [0.15, 0.2) is 53.0 Å². The minimum Gasteiger partial charge on any atom is -0.496 e. The Hall–Kier alpha value is -2.87. The molecule has 1 fully saturated rings. The number of methoxy groups -OCH3 is 1. The molecular weight excluding hydrogens is 464 g/mol. The van der Waals surface area contributed by atoms with E-state index < -0.39 is 12.0 Å². The van der Waals surface area contributed by atoms with Crippen LogP contribution < -0.4 is 10.1 Å². The Kier molecular flexibility index (Phi) is 8.06. The molecular formula is C23H25BrN2O5. The van der Waals surface area contributed by atoms with Crippen LogP contribution in [0.1, 0.15) is 28.8 Å². The van der Waals surface area contributed by atoms with Crippen molar-refractivity contribution in [1.82, 2.24) is 10.2 Å². The largest absolute Gasteiger partial charge is 0.496 e. The molecule has 2 amide bonds. The van der Waals surface area contributed by atoms with Crippen molar-refractivity contribution in [2.24, 2.45) is 0 Å². The van der Waals surface area contributed by atoms with E-state index in [1.54, 1.807) is 18.2 Å². The van der Waals surface area contributed by atoms with E-state index in [4.69, 9.17) is 9.47 Å². The monoisotopic (exact) mass is 488 g/mol. The maximum atomic E-state index is 13.2. The summed E-state index contributed by atoms with van der Waals surface area (Å²) in [5, 5.41) is 2.72. The van der Waals surface area contributed by atoms with Crippen molar-refractivity contribution in [1.29, 1.82) is 0 Å². The van der Waals surface area contributed by atoms with E-state index in [1.165, 1.54) is 17.6 Å². The molecule has 0 bridgehead atoms. The first-order chi connectivity index (χ1) is 15.0. The fourth-order valence-corrected chi connectivity index (χ4v) is 3.85. The summed E-state index contributed by atoms with van der Waals surface area (Å²) in [4.78, 5) is 39.4. The lowest BCUT2D eigenvalue weighted by Gasteiger charge is -2.34. The number of hydrogen-bond donors (Lipinski definition) is 1. The number of piperazine rings is 1. The molecule has 7 nitrogen and oxygen atoms in total. The zero-order valence-corrected chi connectivity index (χ0v) is 18.9. The van der Waals surface area contributed by atoms with Gasteiger partial charge in [-0.05, 0) is 36.6 Å². The van der Waals surface area contributed by atoms with Gasteiger partial charge in [0.1, 0.15) is 11.8 Å². The number of nitrogens with zero attached hydrogens (tertiary/aromatic N) is 1. The molecule has 0 saturated carbocycles. The van der Waals surface area contributed by atoms with E-state index in [0.29, 0.717) is 35.3 Å². The number of amides is 2. The van der Waals surface area contributed by atoms with Gasteiger partial charge in [-0.1, -0.05) is 46.3 Å². The summed E-state index contributed by atoms with van der Waals surface area (Å²) >= 11 is 3.36. The Balaban J connectivity index is 1.61. The number of aryl methyl sites for hydroxylation is 1. The SMILES string of the molecule is COc1ccc(Br)cc1C(=O)N1CCNC(=O)C1CC(=O)OCCCc1ccccc1. The number of esters is 1. The molecule has 3 rings (SSSR count). The van der Waals surface area contributed by atoms with Gasteiger partial charge in [0.25, 0.3) is 5.91 Å². The van der Waals surface area contributed by atoms with Gasteiger partial charge in [0.05, 0.1) is 25.7 Å². The Bertz CT molecular complexity index is 935. The molecule has 2 aromatic rings. The van der Waals surface area contributed by atoms with Gasteiger partial charge in [-0.3, -0.25) is 14.4 Å². The molecule has 1 unspecified atom stereocenters. The number of benzene rings is 2. The summed E-state index contributed by atoms with van der Waals surface area (Å²) in [6.45, 7) is 0.880. The molecule has 1 aliphatic heterocycles. The van der Waals surface area contributed by atoms with Crippen LogP contribution in [0.2, 0.25) is 0 Å². The Morgan fingerprint density at radius 1 is 1.19 bits per heavy atom. The van der Waals surface area contributed by atoms with Crippen molar-refractivity contribution in [3.05, 3.63) is 64.1 Å². The second-order valence-electron chi connectivity index (χ2n) is 7.16. The number of nitrogens with one attached hydrogen (secondary N) is 1. The summed E-state index contributed by atoms with van der Waals surface area (Å²) in [7, 11) is 1.48. The fraction of sp³-hybridized carbons (Fsp3) is 0.348. The molecule has 1 saturated heterocycles. The molecule has 8 heteroatoms. The fourth-order valence-electron chi connectivity index (χ4n) is 3.49. The van der Waals surface area contributed by atoms with Crippen LogP contribution in [0.5, 0.6) is 5.75 Å². The highest BCUT2D eigenvalue weighted by Gasteiger charge is 2.36. The molecule has 31 heavy (non-hydrogen) atoms. The second kappa shape index (κ2) is 10.9. The van der Waals surface area contributed by atoms with Crippen LogP contribution in [0, 0.1) is 0 Å². The summed E-state index contributed by atoms with van der Waals surface area (Å²) in [6, 6.07) is 14.1. The predicted octanol–water partition coefficient (Wildman–Crippen LogP) is 2.96. The minimum atomic E-state index is -0.924. The average Bonchev–Trinajstić information content (AvgIpc) is 2.78. The first-order valence-electron chi connectivity index (χ1n) is 10.1. The van der Waals surface area contributed by atoms with Crippen molar-refractivity contribution >= 4 is 33.7 Å². The Morgan fingerprint density at radius 2 is 1.97 bits per heavy atom. The topological polar surface area (TPSA) is 84.9 Å². The Labute approximate surface area is 189 Å². The molecule has 164 valence electrons. The third kappa shape index (κ3) is 6.07. The van der Waals surface area contributed by atoms with Crippen molar-refractivity contribution in [2.45, 2.75) is 25.3 Å². The van der Waals surface area contributed by atoms with E-state index in [0.717, 1.165) is 6.42 Å². The number of ether oxygens (including phenoxy) is 2. The quantitative estimate of drug-likeness (QED) is 0.456. The molecule has 0 aliphatic carbocycles. The van der Waals surface area contributed by atoms with Gasteiger partial charge in [-0.25, -0.2) is 0 Å². The third-order valence-corrected chi connectivity index (χ3v) is 5.55. The maximum absolute atomic E-state index is 13.2. The van der Waals surface area contributed by atoms with E-state index in [1.807, 2.05) is 30.3 Å². The van der Waals surface area contributed by atoms with Gasteiger partial charge in [0.2, 0.25) is 5.91 Å². The van der Waals surface area contributed by atoms with Crippen LogP contribution in [-0.4, -0.2) is 55.5 Å². The highest BCUT2D eigenvalue weighted by molar-refractivity contribution is 9.10. The molecule has 0 aromatic heterocycles.